The molecule has 0 saturated heterocycles. The lowest BCUT2D eigenvalue weighted by Gasteiger charge is -1.96. The fraction of sp³-hybridized carbons (Fsp3) is 0. The van der Waals surface area contributed by atoms with Gasteiger partial charge >= 0.3 is 0 Å². The van der Waals surface area contributed by atoms with Crippen molar-refractivity contribution in [2.75, 3.05) is 0 Å². The standard InChI is InChI=1S/C8H4BrIS2/c9-6-3-4-1-2-5(11)7(10)8(4)12-6/h1-3,11H. The first-order valence-electron chi connectivity index (χ1n) is 3.25. The smallest absolute Gasteiger partial charge is 0.0711 e. The van der Waals surface area contributed by atoms with Gasteiger partial charge in [-0.05, 0) is 56.0 Å². The molecule has 0 saturated carbocycles. The molecule has 2 rings (SSSR count). The highest BCUT2D eigenvalue weighted by atomic mass is 127. The van der Waals surface area contributed by atoms with E-state index < -0.39 is 0 Å². The molecule has 0 atom stereocenters. The zero-order valence-corrected chi connectivity index (χ0v) is 11.3. The van der Waals surface area contributed by atoms with Gasteiger partial charge < -0.3 is 0 Å². The Labute approximate surface area is 102 Å². The van der Waals surface area contributed by atoms with Gasteiger partial charge in [0.15, 0.2) is 0 Å². The van der Waals surface area contributed by atoms with Crippen LogP contribution in [0.2, 0.25) is 0 Å². The van der Waals surface area contributed by atoms with Crippen LogP contribution in [0.4, 0.5) is 0 Å². The van der Waals surface area contributed by atoms with E-state index >= 15 is 0 Å². The molecule has 0 aliphatic carbocycles. The lowest BCUT2D eigenvalue weighted by atomic mass is 10.3. The van der Waals surface area contributed by atoms with Crippen LogP contribution in [0.3, 0.4) is 0 Å². The van der Waals surface area contributed by atoms with Crippen LogP contribution in [0, 0.1) is 3.57 Å². The van der Waals surface area contributed by atoms with Crippen molar-refractivity contribution in [1.82, 2.24) is 0 Å². The SMILES string of the molecule is Sc1ccc2cc(Br)sc2c1I. The summed E-state index contributed by atoms with van der Waals surface area (Å²) in [7, 11) is 0. The molecule has 1 aromatic heterocycles. The summed E-state index contributed by atoms with van der Waals surface area (Å²) in [5.41, 5.74) is 0. The number of thiophene rings is 1. The van der Waals surface area contributed by atoms with Crippen molar-refractivity contribution < 1.29 is 0 Å². The number of benzene rings is 1. The Morgan fingerprint density at radius 1 is 1.42 bits per heavy atom. The molecule has 2 aromatic rings. The Balaban J connectivity index is 2.89. The van der Waals surface area contributed by atoms with Crippen LogP contribution in [-0.2, 0) is 0 Å². The number of fused-ring (bicyclic) bond motifs is 1. The second-order valence-corrected chi connectivity index (χ2v) is 6.36. The second kappa shape index (κ2) is 3.48. The van der Waals surface area contributed by atoms with Crippen molar-refractivity contribution >= 4 is 72.6 Å². The number of halogens is 2. The van der Waals surface area contributed by atoms with Crippen molar-refractivity contribution in [3.05, 3.63) is 25.6 Å². The third-order valence-corrected chi connectivity index (χ3v) is 5.53. The topological polar surface area (TPSA) is 0 Å². The van der Waals surface area contributed by atoms with Crippen LogP contribution in [0.15, 0.2) is 26.9 Å². The Bertz CT molecular complexity index is 436. The Kier molecular flexibility index (Phi) is 2.69. The summed E-state index contributed by atoms with van der Waals surface area (Å²) in [4.78, 5) is 1.05. The van der Waals surface area contributed by atoms with Crippen molar-refractivity contribution in [1.29, 1.82) is 0 Å². The van der Waals surface area contributed by atoms with Crippen molar-refractivity contribution in [3.8, 4) is 0 Å². The van der Waals surface area contributed by atoms with Crippen LogP contribution in [0.1, 0.15) is 0 Å². The molecule has 0 radical (unpaired) electrons. The molecular weight excluding hydrogens is 367 g/mol. The van der Waals surface area contributed by atoms with Crippen molar-refractivity contribution in [3.63, 3.8) is 0 Å². The van der Waals surface area contributed by atoms with Gasteiger partial charge in [0.25, 0.3) is 0 Å². The van der Waals surface area contributed by atoms with Gasteiger partial charge in [-0.1, -0.05) is 6.07 Å². The fourth-order valence-electron chi connectivity index (χ4n) is 1.03. The molecule has 4 heteroatoms. The van der Waals surface area contributed by atoms with Gasteiger partial charge in [-0.25, -0.2) is 0 Å². The van der Waals surface area contributed by atoms with E-state index in [9.17, 15) is 0 Å². The highest BCUT2D eigenvalue weighted by molar-refractivity contribution is 14.1. The van der Waals surface area contributed by atoms with E-state index in [1.165, 1.54) is 17.4 Å². The molecule has 1 heterocycles. The van der Waals surface area contributed by atoms with E-state index in [4.69, 9.17) is 0 Å². The van der Waals surface area contributed by atoms with E-state index in [-0.39, 0.29) is 0 Å². The summed E-state index contributed by atoms with van der Waals surface area (Å²) in [5.74, 6) is 0. The maximum Gasteiger partial charge on any atom is 0.0711 e. The first-order chi connectivity index (χ1) is 5.68. The fourth-order valence-corrected chi connectivity index (χ4v) is 3.67. The minimum Gasteiger partial charge on any atom is -0.142 e. The van der Waals surface area contributed by atoms with Crippen LogP contribution in [-0.4, -0.2) is 0 Å². The predicted octanol–water partition coefficient (Wildman–Crippen LogP) is 4.56. The lowest BCUT2D eigenvalue weighted by Crippen LogP contribution is -1.73. The van der Waals surface area contributed by atoms with Gasteiger partial charge in [0.1, 0.15) is 0 Å². The van der Waals surface area contributed by atoms with Gasteiger partial charge in [0.2, 0.25) is 0 Å². The number of hydrogen-bond donors (Lipinski definition) is 1. The number of thiol groups is 1. The molecule has 0 unspecified atom stereocenters. The molecule has 0 aliphatic heterocycles. The largest absolute Gasteiger partial charge is 0.142 e. The average Bonchev–Trinajstić information content (AvgIpc) is 2.39. The van der Waals surface area contributed by atoms with Crippen LogP contribution in [0.25, 0.3) is 10.1 Å². The van der Waals surface area contributed by atoms with Gasteiger partial charge in [-0.3, -0.25) is 0 Å². The molecule has 0 fully saturated rings. The maximum atomic E-state index is 4.37. The summed E-state index contributed by atoms with van der Waals surface area (Å²) in [6, 6.07) is 6.27. The zero-order chi connectivity index (χ0) is 8.72. The maximum absolute atomic E-state index is 4.37. The van der Waals surface area contributed by atoms with Crippen molar-refractivity contribution in [2.45, 2.75) is 4.90 Å². The molecule has 0 nitrogen and oxygen atoms in total. The first-order valence-corrected chi connectivity index (χ1v) is 6.38. The quantitative estimate of drug-likeness (QED) is 0.510. The molecular formula is C8H4BrIS2. The second-order valence-electron chi connectivity index (χ2n) is 2.37. The Hall–Kier alpha value is 0.740. The Morgan fingerprint density at radius 2 is 2.17 bits per heavy atom. The molecule has 12 heavy (non-hydrogen) atoms. The summed E-state index contributed by atoms with van der Waals surface area (Å²) in [6.45, 7) is 0. The highest BCUT2D eigenvalue weighted by Crippen LogP contribution is 2.35. The lowest BCUT2D eigenvalue weighted by molar-refractivity contribution is 1.48. The normalized spacial score (nSPS) is 10.9. The van der Waals surface area contributed by atoms with Gasteiger partial charge in [0, 0.05) is 13.2 Å². The predicted molar refractivity (Wildman–Crippen MR) is 69.5 cm³/mol. The van der Waals surface area contributed by atoms with Crippen LogP contribution in [0.5, 0.6) is 0 Å². The molecule has 0 aliphatic rings. The Morgan fingerprint density at radius 3 is 2.92 bits per heavy atom. The minimum atomic E-state index is 1.05. The molecule has 0 amide bonds. The summed E-state index contributed by atoms with van der Waals surface area (Å²) < 4.78 is 3.73. The summed E-state index contributed by atoms with van der Waals surface area (Å²) in [6.07, 6.45) is 0. The van der Waals surface area contributed by atoms with E-state index in [2.05, 4.69) is 63.3 Å². The highest BCUT2D eigenvalue weighted by Gasteiger charge is 2.05. The van der Waals surface area contributed by atoms with Crippen LogP contribution >= 0.6 is 62.5 Å². The van der Waals surface area contributed by atoms with Gasteiger partial charge in [-0.15, -0.1) is 24.0 Å². The minimum absolute atomic E-state index is 1.05. The number of rotatable bonds is 0. The average molecular weight is 371 g/mol. The van der Waals surface area contributed by atoms with E-state index in [0.717, 1.165) is 4.90 Å². The summed E-state index contributed by atoms with van der Waals surface area (Å²) >= 11 is 11.9. The van der Waals surface area contributed by atoms with E-state index in [1.54, 1.807) is 11.3 Å². The summed E-state index contributed by atoms with van der Waals surface area (Å²) in [5, 5.41) is 1.29. The third kappa shape index (κ3) is 1.54. The third-order valence-electron chi connectivity index (χ3n) is 1.58. The van der Waals surface area contributed by atoms with Gasteiger partial charge in [0.05, 0.1) is 3.79 Å². The molecule has 1 aromatic carbocycles. The zero-order valence-electron chi connectivity index (χ0n) is 5.84. The molecule has 0 spiro atoms. The monoisotopic (exact) mass is 370 g/mol. The molecule has 0 N–H and O–H groups in total. The molecule has 0 bridgehead atoms. The number of hydrogen-bond acceptors (Lipinski definition) is 2. The van der Waals surface area contributed by atoms with E-state index in [0.29, 0.717) is 0 Å². The van der Waals surface area contributed by atoms with E-state index in [1.807, 2.05) is 6.07 Å². The first kappa shape index (κ1) is 9.30. The van der Waals surface area contributed by atoms with Crippen molar-refractivity contribution in [2.24, 2.45) is 0 Å². The molecule has 62 valence electrons. The van der Waals surface area contributed by atoms with Gasteiger partial charge in [-0.2, -0.15) is 0 Å². The van der Waals surface area contributed by atoms with Crippen LogP contribution < -0.4 is 0 Å².